The third-order valence-electron chi connectivity index (χ3n) is 1.50. The Hall–Kier alpha value is -1.49. The van der Waals surface area contributed by atoms with E-state index in [0.29, 0.717) is 6.54 Å². The summed E-state index contributed by atoms with van der Waals surface area (Å²) in [6.45, 7) is 2.38. The van der Waals surface area contributed by atoms with Crippen molar-refractivity contribution in [1.29, 1.82) is 5.26 Å². The molecule has 1 aromatic rings. The fourth-order valence-electron chi connectivity index (χ4n) is 0.906. The van der Waals surface area contributed by atoms with Crippen molar-refractivity contribution in [1.82, 2.24) is 0 Å². The van der Waals surface area contributed by atoms with Crippen LogP contribution in [-0.2, 0) is 0 Å². The van der Waals surface area contributed by atoms with Gasteiger partial charge in [-0.25, -0.2) is 0 Å². The average molecular weight is 146 g/mol. The number of para-hydroxylation sites is 1. The lowest BCUT2D eigenvalue weighted by Gasteiger charge is -2.03. The summed E-state index contributed by atoms with van der Waals surface area (Å²) in [5, 5.41) is 11.3. The normalized spacial score (nSPS) is 8.73. The Labute approximate surface area is 66.5 Å². The quantitative estimate of drug-likeness (QED) is 0.647. The number of hydrogen-bond acceptors (Lipinski definition) is 2. The first-order valence-corrected chi connectivity index (χ1v) is 3.51. The van der Waals surface area contributed by atoms with Gasteiger partial charge in [0, 0.05) is 5.69 Å². The van der Waals surface area contributed by atoms with Gasteiger partial charge in [-0.2, -0.15) is 5.26 Å². The maximum atomic E-state index is 8.31. The lowest BCUT2D eigenvalue weighted by atomic mass is 10.2. The van der Waals surface area contributed by atoms with Crippen molar-refractivity contribution in [3.8, 4) is 6.07 Å². The molecule has 0 aliphatic heterocycles. The first kappa shape index (κ1) is 7.62. The minimum atomic E-state index is 0.366. The molecule has 0 saturated carbocycles. The molecular formula is C9H10N2. The van der Waals surface area contributed by atoms with Gasteiger partial charge in [0.05, 0.1) is 6.07 Å². The van der Waals surface area contributed by atoms with Crippen molar-refractivity contribution in [2.45, 2.75) is 6.92 Å². The number of aryl methyl sites for hydroxylation is 1. The van der Waals surface area contributed by atoms with Gasteiger partial charge in [-0.3, -0.25) is 0 Å². The van der Waals surface area contributed by atoms with E-state index in [0.717, 1.165) is 5.69 Å². The van der Waals surface area contributed by atoms with E-state index in [9.17, 15) is 0 Å². The molecule has 0 bridgehead atoms. The van der Waals surface area contributed by atoms with E-state index in [-0.39, 0.29) is 0 Å². The van der Waals surface area contributed by atoms with Gasteiger partial charge in [0.25, 0.3) is 0 Å². The highest BCUT2D eigenvalue weighted by atomic mass is 14.9. The molecule has 1 rings (SSSR count). The Morgan fingerprint density at radius 1 is 1.45 bits per heavy atom. The number of nitrogens with zero attached hydrogens (tertiary/aromatic N) is 1. The Bertz CT molecular complexity index is 273. The first-order valence-electron chi connectivity index (χ1n) is 3.51. The van der Waals surface area contributed by atoms with Crippen LogP contribution in [0.25, 0.3) is 0 Å². The van der Waals surface area contributed by atoms with Crippen LogP contribution in [0.5, 0.6) is 0 Å². The first-order chi connectivity index (χ1) is 5.34. The molecule has 0 aliphatic rings. The fourth-order valence-corrected chi connectivity index (χ4v) is 0.906. The lowest BCUT2D eigenvalue weighted by Crippen LogP contribution is -1.99. The number of anilines is 1. The standard InChI is InChI=1S/C9H10N2/c1-8-4-2-3-5-9(8)11-7-6-10/h2-5,11H,7H2,1H3. The summed E-state index contributed by atoms with van der Waals surface area (Å²) in [6.07, 6.45) is 0. The maximum absolute atomic E-state index is 8.31. The Morgan fingerprint density at radius 3 is 2.82 bits per heavy atom. The third-order valence-corrected chi connectivity index (χ3v) is 1.50. The lowest BCUT2D eigenvalue weighted by molar-refractivity contribution is 1.29. The minimum absolute atomic E-state index is 0.366. The van der Waals surface area contributed by atoms with E-state index in [4.69, 9.17) is 5.26 Å². The van der Waals surface area contributed by atoms with E-state index in [1.54, 1.807) is 0 Å². The summed E-state index contributed by atoms with van der Waals surface area (Å²) in [7, 11) is 0. The van der Waals surface area contributed by atoms with E-state index < -0.39 is 0 Å². The zero-order valence-electron chi connectivity index (χ0n) is 6.46. The summed E-state index contributed by atoms with van der Waals surface area (Å²) >= 11 is 0. The molecule has 0 saturated heterocycles. The largest absolute Gasteiger partial charge is 0.372 e. The van der Waals surface area contributed by atoms with E-state index in [1.807, 2.05) is 37.3 Å². The van der Waals surface area contributed by atoms with Crippen LogP contribution in [0, 0.1) is 18.3 Å². The molecule has 1 aromatic carbocycles. The monoisotopic (exact) mass is 146 g/mol. The Balaban J connectivity index is 2.71. The van der Waals surface area contributed by atoms with Crippen molar-refractivity contribution in [2.24, 2.45) is 0 Å². The van der Waals surface area contributed by atoms with Crippen LogP contribution in [0.2, 0.25) is 0 Å². The molecule has 0 aliphatic carbocycles. The zero-order valence-corrected chi connectivity index (χ0v) is 6.46. The highest BCUT2D eigenvalue weighted by Crippen LogP contribution is 2.11. The Morgan fingerprint density at radius 2 is 2.18 bits per heavy atom. The van der Waals surface area contributed by atoms with Crippen molar-refractivity contribution in [3.63, 3.8) is 0 Å². The molecule has 0 unspecified atom stereocenters. The van der Waals surface area contributed by atoms with Gasteiger partial charge in [-0.1, -0.05) is 18.2 Å². The van der Waals surface area contributed by atoms with Crippen molar-refractivity contribution < 1.29 is 0 Å². The highest BCUT2D eigenvalue weighted by Gasteiger charge is 1.92. The number of nitrogens with one attached hydrogen (secondary N) is 1. The molecular weight excluding hydrogens is 136 g/mol. The van der Waals surface area contributed by atoms with Crippen LogP contribution >= 0.6 is 0 Å². The number of rotatable bonds is 2. The van der Waals surface area contributed by atoms with Gasteiger partial charge in [0.1, 0.15) is 6.54 Å². The molecule has 56 valence electrons. The van der Waals surface area contributed by atoms with E-state index in [2.05, 4.69) is 5.32 Å². The molecule has 0 spiro atoms. The molecule has 0 atom stereocenters. The highest BCUT2D eigenvalue weighted by molar-refractivity contribution is 5.50. The molecule has 0 radical (unpaired) electrons. The van der Waals surface area contributed by atoms with Crippen molar-refractivity contribution in [3.05, 3.63) is 29.8 Å². The number of nitriles is 1. The second kappa shape index (κ2) is 3.62. The van der Waals surface area contributed by atoms with Crippen molar-refractivity contribution >= 4 is 5.69 Å². The predicted molar refractivity (Wildman–Crippen MR) is 45.3 cm³/mol. The van der Waals surface area contributed by atoms with Crippen LogP contribution in [0.1, 0.15) is 5.56 Å². The Kier molecular flexibility index (Phi) is 2.51. The molecule has 2 nitrogen and oxygen atoms in total. The molecule has 0 amide bonds. The van der Waals surface area contributed by atoms with Crippen LogP contribution in [0.4, 0.5) is 5.69 Å². The molecule has 1 N–H and O–H groups in total. The smallest absolute Gasteiger partial charge is 0.103 e. The minimum Gasteiger partial charge on any atom is -0.372 e. The second-order valence-corrected chi connectivity index (χ2v) is 2.33. The topological polar surface area (TPSA) is 35.8 Å². The van der Waals surface area contributed by atoms with Gasteiger partial charge in [-0.15, -0.1) is 0 Å². The maximum Gasteiger partial charge on any atom is 0.103 e. The number of benzene rings is 1. The number of hydrogen-bond donors (Lipinski definition) is 1. The van der Waals surface area contributed by atoms with Gasteiger partial charge < -0.3 is 5.32 Å². The summed E-state index contributed by atoms with van der Waals surface area (Å²) in [5.74, 6) is 0. The van der Waals surface area contributed by atoms with Crippen molar-refractivity contribution in [2.75, 3.05) is 11.9 Å². The van der Waals surface area contributed by atoms with Crippen LogP contribution in [0.15, 0.2) is 24.3 Å². The summed E-state index contributed by atoms with van der Waals surface area (Å²) in [5.41, 5.74) is 2.21. The molecule has 11 heavy (non-hydrogen) atoms. The molecule has 0 aromatic heterocycles. The van der Waals surface area contributed by atoms with E-state index >= 15 is 0 Å². The molecule has 0 fully saturated rings. The van der Waals surface area contributed by atoms with Gasteiger partial charge in [-0.05, 0) is 18.6 Å². The van der Waals surface area contributed by atoms with E-state index in [1.165, 1.54) is 5.56 Å². The zero-order chi connectivity index (χ0) is 8.10. The van der Waals surface area contributed by atoms with Gasteiger partial charge in [0.2, 0.25) is 0 Å². The summed E-state index contributed by atoms with van der Waals surface area (Å²) < 4.78 is 0. The second-order valence-electron chi connectivity index (χ2n) is 2.33. The van der Waals surface area contributed by atoms with Crippen LogP contribution < -0.4 is 5.32 Å². The predicted octanol–water partition coefficient (Wildman–Crippen LogP) is 1.93. The van der Waals surface area contributed by atoms with Gasteiger partial charge >= 0.3 is 0 Å². The van der Waals surface area contributed by atoms with Crippen LogP contribution in [-0.4, -0.2) is 6.54 Å². The molecule has 2 heteroatoms. The SMILES string of the molecule is Cc1ccccc1NCC#N. The fraction of sp³-hybridized carbons (Fsp3) is 0.222. The summed E-state index contributed by atoms with van der Waals surface area (Å²) in [6, 6.07) is 9.94. The summed E-state index contributed by atoms with van der Waals surface area (Å²) in [4.78, 5) is 0. The molecule has 0 heterocycles. The van der Waals surface area contributed by atoms with Crippen LogP contribution in [0.3, 0.4) is 0 Å². The van der Waals surface area contributed by atoms with Gasteiger partial charge in [0.15, 0.2) is 0 Å². The average Bonchev–Trinajstić information content (AvgIpc) is 2.03. The third kappa shape index (κ3) is 1.98.